The molecular formula is C12H11FN2O2. The van der Waals surface area contributed by atoms with E-state index in [4.69, 9.17) is 0 Å². The molecule has 1 heterocycles. The zero-order valence-electron chi connectivity index (χ0n) is 9.18. The number of rotatable bonds is 2. The molecule has 2 rings (SSSR count). The summed E-state index contributed by atoms with van der Waals surface area (Å²) in [6.07, 6.45) is 2.16. The van der Waals surface area contributed by atoms with Gasteiger partial charge in [0.1, 0.15) is 12.1 Å². The van der Waals surface area contributed by atoms with Gasteiger partial charge in [0.15, 0.2) is 0 Å². The topological polar surface area (TPSA) is 49.4 Å². The number of nitrogens with zero attached hydrogens (tertiary/aromatic N) is 1. The van der Waals surface area contributed by atoms with E-state index in [0.29, 0.717) is 17.4 Å². The van der Waals surface area contributed by atoms with Gasteiger partial charge in [0, 0.05) is 18.8 Å². The summed E-state index contributed by atoms with van der Waals surface area (Å²) < 4.78 is 12.8. The number of carbonyl (C=O) groups is 2. The second-order valence-corrected chi connectivity index (χ2v) is 3.79. The molecule has 0 saturated carbocycles. The highest BCUT2D eigenvalue weighted by Gasteiger charge is 2.25. The van der Waals surface area contributed by atoms with Crippen molar-refractivity contribution >= 4 is 12.3 Å². The lowest BCUT2D eigenvalue weighted by Gasteiger charge is -2.28. The Labute approximate surface area is 97.7 Å². The molecule has 2 amide bonds. The third-order valence-corrected chi connectivity index (χ3v) is 2.60. The first-order valence-corrected chi connectivity index (χ1v) is 5.07. The highest BCUT2D eigenvalue weighted by molar-refractivity contribution is 5.85. The lowest BCUT2D eigenvalue weighted by molar-refractivity contribution is -0.105. The van der Waals surface area contributed by atoms with Gasteiger partial charge in [-0.15, -0.1) is 0 Å². The number of amides is 2. The van der Waals surface area contributed by atoms with Crippen molar-refractivity contribution in [2.45, 2.75) is 6.04 Å². The number of benzene rings is 1. The van der Waals surface area contributed by atoms with Crippen LogP contribution in [-0.4, -0.2) is 24.3 Å². The second kappa shape index (κ2) is 4.37. The minimum atomic E-state index is -0.517. The first kappa shape index (κ1) is 11.3. The minimum Gasteiger partial charge on any atom is -0.327 e. The number of halogens is 1. The summed E-state index contributed by atoms with van der Waals surface area (Å²) in [5, 5.41) is 2.67. The zero-order chi connectivity index (χ0) is 12.4. The third kappa shape index (κ3) is 2.18. The van der Waals surface area contributed by atoms with Gasteiger partial charge in [-0.3, -0.25) is 4.79 Å². The van der Waals surface area contributed by atoms with Crippen LogP contribution in [0.1, 0.15) is 11.6 Å². The Hall–Kier alpha value is -2.17. The fourth-order valence-electron chi connectivity index (χ4n) is 1.69. The van der Waals surface area contributed by atoms with Crippen molar-refractivity contribution in [3.8, 4) is 0 Å². The summed E-state index contributed by atoms with van der Waals surface area (Å²) in [5.74, 6) is -0.357. The Balaban J connectivity index is 2.37. The molecule has 0 aromatic heterocycles. The number of nitrogens with one attached hydrogen (secondary N) is 1. The van der Waals surface area contributed by atoms with E-state index in [-0.39, 0.29) is 11.8 Å². The molecule has 1 atom stereocenters. The molecule has 1 unspecified atom stereocenters. The van der Waals surface area contributed by atoms with Gasteiger partial charge in [0.2, 0.25) is 0 Å². The second-order valence-electron chi connectivity index (χ2n) is 3.79. The smallest absolute Gasteiger partial charge is 0.321 e. The molecule has 0 aliphatic carbocycles. The molecule has 0 bridgehead atoms. The van der Waals surface area contributed by atoms with E-state index in [9.17, 15) is 14.0 Å². The van der Waals surface area contributed by atoms with Crippen molar-refractivity contribution in [3.05, 3.63) is 47.4 Å². The van der Waals surface area contributed by atoms with Crippen LogP contribution in [-0.2, 0) is 4.79 Å². The maximum atomic E-state index is 12.8. The lowest BCUT2D eigenvalue weighted by Crippen LogP contribution is -2.42. The lowest BCUT2D eigenvalue weighted by atomic mass is 9.99. The predicted octanol–water partition coefficient (Wildman–Crippen LogP) is 1.60. The summed E-state index contributed by atoms with van der Waals surface area (Å²) in [4.78, 5) is 23.7. The first-order valence-electron chi connectivity index (χ1n) is 5.07. The van der Waals surface area contributed by atoms with E-state index >= 15 is 0 Å². The number of hydrogen-bond acceptors (Lipinski definition) is 2. The average molecular weight is 234 g/mol. The number of carbonyl (C=O) groups excluding carboxylic acids is 2. The van der Waals surface area contributed by atoms with Crippen molar-refractivity contribution in [2.24, 2.45) is 0 Å². The van der Waals surface area contributed by atoms with Crippen molar-refractivity contribution in [3.63, 3.8) is 0 Å². The van der Waals surface area contributed by atoms with Crippen LogP contribution in [0, 0.1) is 5.82 Å². The molecule has 0 fully saturated rings. The van der Waals surface area contributed by atoms with Gasteiger partial charge >= 0.3 is 6.03 Å². The Morgan fingerprint density at radius 2 is 2.00 bits per heavy atom. The van der Waals surface area contributed by atoms with Crippen LogP contribution in [0.3, 0.4) is 0 Å². The SMILES string of the molecule is CN1C=C(C=O)C(c2ccc(F)cc2)NC1=O. The van der Waals surface area contributed by atoms with Gasteiger partial charge in [-0.1, -0.05) is 12.1 Å². The largest absolute Gasteiger partial charge is 0.327 e. The molecule has 1 aromatic carbocycles. The third-order valence-electron chi connectivity index (χ3n) is 2.60. The van der Waals surface area contributed by atoms with E-state index in [1.165, 1.54) is 23.2 Å². The molecule has 4 nitrogen and oxygen atoms in total. The van der Waals surface area contributed by atoms with Gasteiger partial charge in [0.25, 0.3) is 0 Å². The summed E-state index contributed by atoms with van der Waals surface area (Å²) in [6, 6.07) is 4.86. The number of aldehydes is 1. The molecule has 17 heavy (non-hydrogen) atoms. The summed E-state index contributed by atoms with van der Waals surface area (Å²) in [5.41, 5.74) is 1.10. The molecule has 88 valence electrons. The van der Waals surface area contributed by atoms with E-state index in [0.717, 1.165) is 0 Å². The van der Waals surface area contributed by atoms with Crippen LogP contribution in [0.2, 0.25) is 0 Å². The molecule has 0 saturated heterocycles. The maximum absolute atomic E-state index is 12.8. The molecule has 0 radical (unpaired) electrons. The van der Waals surface area contributed by atoms with Crippen LogP contribution >= 0.6 is 0 Å². The van der Waals surface area contributed by atoms with E-state index in [1.807, 2.05) is 0 Å². The van der Waals surface area contributed by atoms with Gasteiger partial charge in [0.05, 0.1) is 6.04 Å². The van der Waals surface area contributed by atoms with Crippen molar-refractivity contribution in [2.75, 3.05) is 7.05 Å². The molecule has 5 heteroatoms. The maximum Gasteiger partial charge on any atom is 0.321 e. The highest BCUT2D eigenvalue weighted by atomic mass is 19.1. The molecule has 1 aliphatic rings. The molecule has 1 N–H and O–H groups in total. The van der Waals surface area contributed by atoms with Gasteiger partial charge in [-0.05, 0) is 17.7 Å². The number of urea groups is 1. The minimum absolute atomic E-state index is 0.301. The Morgan fingerprint density at radius 1 is 1.35 bits per heavy atom. The average Bonchev–Trinajstić information content (AvgIpc) is 2.33. The van der Waals surface area contributed by atoms with Crippen LogP contribution in [0.4, 0.5) is 9.18 Å². The van der Waals surface area contributed by atoms with Crippen LogP contribution in [0.15, 0.2) is 36.0 Å². The molecule has 0 spiro atoms. The fourth-order valence-corrected chi connectivity index (χ4v) is 1.69. The fraction of sp³-hybridized carbons (Fsp3) is 0.167. The zero-order valence-corrected chi connectivity index (χ0v) is 9.18. The van der Waals surface area contributed by atoms with Crippen molar-refractivity contribution in [1.82, 2.24) is 10.2 Å². The highest BCUT2D eigenvalue weighted by Crippen LogP contribution is 2.24. The normalized spacial score (nSPS) is 19.6. The van der Waals surface area contributed by atoms with Gasteiger partial charge in [-0.2, -0.15) is 0 Å². The first-order chi connectivity index (χ1) is 8.11. The monoisotopic (exact) mass is 234 g/mol. The summed E-state index contributed by atoms with van der Waals surface area (Å²) >= 11 is 0. The molecule has 1 aliphatic heterocycles. The van der Waals surface area contributed by atoms with Crippen LogP contribution in [0.5, 0.6) is 0 Å². The molecular weight excluding hydrogens is 223 g/mol. The standard InChI is InChI=1S/C12H11FN2O2/c1-15-6-9(7-16)11(14-12(15)17)8-2-4-10(13)5-3-8/h2-7,11H,1H3,(H,14,17). The van der Waals surface area contributed by atoms with Crippen molar-refractivity contribution < 1.29 is 14.0 Å². The Morgan fingerprint density at radius 3 is 2.59 bits per heavy atom. The summed E-state index contributed by atoms with van der Waals surface area (Å²) in [6.45, 7) is 0. The van der Waals surface area contributed by atoms with Gasteiger partial charge in [-0.25, -0.2) is 9.18 Å². The Kier molecular flexibility index (Phi) is 2.91. The van der Waals surface area contributed by atoms with E-state index in [2.05, 4.69) is 5.32 Å². The summed E-state index contributed by atoms with van der Waals surface area (Å²) in [7, 11) is 1.56. The van der Waals surface area contributed by atoms with E-state index < -0.39 is 6.04 Å². The molecule has 1 aromatic rings. The van der Waals surface area contributed by atoms with Crippen molar-refractivity contribution in [1.29, 1.82) is 0 Å². The predicted molar refractivity (Wildman–Crippen MR) is 59.6 cm³/mol. The quantitative estimate of drug-likeness (QED) is 0.790. The Bertz CT molecular complexity index is 482. The van der Waals surface area contributed by atoms with Crippen LogP contribution < -0.4 is 5.32 Å². The van der Waals surface area contributed by atoms with E-state index in [1.54, 1.807) is 19.2 Å². The van der Waals surface area contributed by atoms with Gasteiger partial charge < -0.3 is 10.2 Å². The van der Waals surface area contributed by atoms with Crippen LogP contribution in [0.25, 0.3) is 0 Å². The number of hydrogen-bond donors (Lipinski definition) is 1.